The third-order valence-electron chi connectivity index (χ3n) is 9.56. The Kier molecular flexibility index (Phi) is 31.1. The molecule has 0 saturated carbocycles. The summed E-state index contributed by atoms with van der Waals surface area (Å²) >= 11 is 0. The van der Waals surface area contributed by atoms with Gasteiger partial charge in [-0.1, -0.05) is 140 Å². The van der Waals surface area contributed by atoms with E-state index in [0.29, 0.717) is 0 Å². The lowest BCUT2D eigenvalue weighted by Crippen LogP contribution is -2.31. The van der Waals surface area contributed by atoms with Gasteiger partial charge in [0.2, 0.25) is 0 Å². The molecule has 1 saturated heterocycles. The molecule has 0 spiro atoms. The van der Waals surface area contributed by atoms with E-state index in [0.717, 1.165) is 45.3 Å². The van der Waals surface area contributed by atoms with E-state index in [1.807, 2.05) is 0 Å². The Balaban J connectivity index is 2.19. The van der Waals surface area contributed by atoms with Crippen molar-refractivity contribution in [1.29, 1.82) is 0 Å². The SMILES string of the molecule is CCCCCC=CCC=CCCCCCCCCC1(CCCCCCCCC=CCC=CCCCCC)OCC(CCCN(C)C)O1. The first-order valence-electron chi connectivity index (χ1n) is 20.7. The van der Waals surface area contributed by atoms with E-state index in [2.05, 4.69) is 81.5 Å². The summed E-state index contributed by atoms with van der Waals surface area (Å²) in [6, 6.07) is 0. The summed E-state index contributed by atoms with van der Waals surface area (Å²) in [6.07, 6.45) is 54.6. The zero-order valence-electron chi connectivity index (χ0n) is 32.2. The predicted octanol–water partition coefficient (Wildman–Crippen LogP) is 13.8. The molecule has 1 atom stereocenters. The van der Waals surface area contributed by atoms with Crippen molar-refractivity contribution in [1.82, 2.24) is 4.90 Å². The maximum absolute atomic E-state index is 6.71. The zero-order chi connectivity index (χ0) is 33.9. The van der Waals surface area contributed by atoms with Crippen LogP contribution in [0.1, 0.15) is 194 Å². The lowest BCUT2D eigenvalue weighted by Gasteiger charge is -2.28. The fourth-order valence-corrected chi connectivity index (χ4v) is 6.55. The van der Waals surface area contributed by atoms with Gasteiger partial charge in [-0.2, -0.15) is 0 Å². The Morgan fingerprint density at radius 2 is 0.915 bits per heavy atom. The van der Waals surface area contributed by atoms with E-state index in [1.165, 1.54) is 148 Å². The summed E-state index contributed by atoms with van der Waals surface area (Å²) in [5.41, 5.74) is 0. The van der Waals surface area contributed by atoms with E-state index in [-0.39, 0.29) is 11.9 Å². The molecule has 1 rings (SSSR count). The molecule has 0 aromatic carbocycles. The number of unbranched alkanes of at least 4 members (excludes halogenated alkanes) is 18. The minimum absolute atomic E-state index is 0.282. The summed E-state index contributed by atoms with van der Waals surface area (Å²) < 4.78 is 13.2. The molecule has 0 aromatic rings. The van der Waals surface area contributed by atoms with Crippen molar-refractivity contribution in [3.05, 3.63) is 48.6 Å². The van der Waals surface area contributed by atoms with Crippen LogP contribution in [0.2, 0.25) is 0 Å². The molecule has 0 bridgehead atoms. The second kappa shape index (κ2) is 33.3. The summed E-state index contributed by atoms with van der Waals surface area (Å²) in [6.45, 7) is 6.46. The molecule has 1 aliphatic heterocycles. The van der Waals surface area contributed by atoms with Crippen LogP contribution in [-0.2, 0) is 9.47 Å². The summed E-state index contributed by atoms with van der Waals surface area (Å²) in [5, 5.41) is 0. The second-order valence-corrected chi connectivity index (χ2v) is 14.6. The van der Waals surface area contributed by atoms with Crippen LogP contribution in [0.15, 0.2) is 48.6 Å². The van der Waals surface area contributed by atoms with Crippen molar-refractivity contribution < 1.29 is 9.47 Å². The Morgan fingerprint density at radius 3 is 1.34 bits per heavy atom. The number of allylic oxidation sites excluding steroid dienone is 8. The van der Waals surface area contributed by atoms with Crippen molar-refractivity contribution >= 4 is 0 Å². The maximum Gasteiger partial charge on any atom is 0.168 e. The molecule has 0 radical (unpaired) electrons. The first kappa shape index (κ1) is 43.9. The monoisotopic (exact) mass is 656 g/mol. The average Bonchev–Trinajstić information content (AvgIpc) is 3.47. The van der Waals surface area contributed by atoms with Crippen LogP contribution in [0.4, 0.5) is 0 Å². The molecule has 0 aromatic heterocycles. The van der Waals surface area contributed by atoms with Gasteiger partial charge < -0.3 is 14.4 Å². The number of rotatable bonds is 34. The molecule has 1 unspecified atom stereocenters. The van der Waals surface area contributed by atoms with Gasteiger partial charge in [-0.05, 0) is 111 Å². The minimum Gasteiger partial charge on any atom is -0.347 e. The van der Waals surface area contributed by atoms with Crippen LogP contribution in [0.25, 0.3) is 0 Å². The van der Waals surface area contributed by atoms with Crippen molar-refractivity contribution in [3.8, 4) is 0 Å². The molecule has 47 heavy (non-hydrogen) atoms. The van der Waals surface area contributed by atoms with E-state index in [4.69, 9.17) is 9.47 Å². The zero-order valence-corrected chi connectivity index (χ0v) is 32.2. The number of ether oxygens (including phenoxy) is 2. The van der Waals surface area contributed by atoms with Crippen LogP contribution in [0.5, 0.6) is 0 Å². The number of nitrogens with zero attached hydrogens (tertiary/aromatic N) is 1. The first-order valence-corrected chi connectivity index (χ1v) is 20.7. The van der Waals surface area contributed by atoms with E-state index < -0.39 is 0 Å². The number of hydrogen-bond acceptors (Lipinski definition) is 3. The molecule has 3 heteroatoms. The summed E-state index contributed by atoms with van der Waals surface area (Å²) in [4.78, 5) is 2.28. The Morgan fingerprint density at radius 1 is 0.511 bits per heavy atom. The van der Waals surface area contributed by atoms with Crippen LogP contribution in [0, 0.1) is 0 Å². The van der Waals surface area contributed by atoms with Gasteiger partial charge in [0.1, 0.15) is 0 Å². The average molecular weight is 656 g/mol. The second-order valence-electron chi connectivity index (χ2n) is 14.6. The van der Waals surface area contributed by atoms with Crippen LogP contribution >= 0.6 is 0 Å². The van der Waals surface area contributed by atoms with Crippen LogP contribution in [0.3, 0.4) is 0 Å². The van der Waals surface area contributed by atoms with Gasteiger partial charge in [-0.15, -0.1) is 0 Å². The van der Waals surface area contributed by atoms with Gasteiger partial charge in [0.25, 0.3) is 0 Å². The highest BCUT2D eigenvalue weighted by molar-refractivity contribution is 4.93. The fraction of sp³-hybridized carbons (Fsp3) is 0.818. The van der Waals surface area contributed by atoms with Crippen molar-refractivity contribution in [3.63, 3.8) is 0 Å². The standard InChI is InChI=1S/C44H81NO2/c1-5-7-9-11-13-15-17-19-21-23-25-27-29-31-33-35-39-44(46-42-43(47-44)38-37-41-45(3)4)40-36-34-32-30-28-26-24-22-20-18-16-14-12-10-8-6-2/h13-16,19-22,43H,5-12,17-18,23-42H2,1-4H3. The highest BCUT2D eigenvalue weighted by Crippen LogP contribution is 2.36. The lowest BCUT2D eigenvalue weighted by atomic mass is 9.98. The third kappa shape index (κ3) is 28.4. The van der Waals surface area contributed by atoms with Gasteiger partial charge >= 0.3 is 0 Å². The molecular formula is C44H81NO2. The Hall–Kier alpha value is -1.16. The summed E-state index contributed by atoms with van der Waals surface area (Å²) in [7, 11) is 4.32. The Bertz CT molecular complexity index is 719. The molecule has 0 amide bonds. The van der Waals surface area contributed by atoms with E-state index >= 15 is 0 Å². The van der Waals surface area contributed by atoms with Crippen molar-refractivity contribution in [2.75, 3.05) is 27.2 Å². The smallest absolute Gasteiger partial charge is 0.168 e. The minimum atomic E-state index is -0.312. The first-order chi connectivity index (χ1) is 23.1. The molecular weight excluding hydrogens is 574 g/mol. The largest absolute Gasteiger partial charge is 0.347 e. The van der Waals surface area contributed by atoms with Crippen molar-refractivity contribution in [2.45, 2.75) is 206 Å². The normalized spacial score (nSPS) is 18.9. The molecule has 0 aliphatic carbocycles. The van der Waals surface area contributed by atoms with Crippen LogP contribution < -0.4 is 0 Å². The third-order valence-corrected chi connectivity index (χ3v) is 9.56. The van der Waals surface area contributed by atoms with Gasteiger partial charge in [0, 0.05) is 12.8 Å². The van der Waals surface area contributed by atoms with Crippen molar-refractivity contribution in [2.24, 2.45) is 0 Å². The molecule has 1 aliphatic rings. The van der Waals surface area contributed by atoms with Gasteiger partial charge in [-0.25, -0.2) is 0 Å². The van der Waals surface area contributed by atoms with Gasteiger partial charge in [0.05, 0.1) is 12.7 Å². The highest BCUT2D eigenvalue weighted by Gasteiger charge is 2.40. The molecule has 1 fully saturated rings. The Labute approximate surface area is 295 Å². The topological polar surface area (TPSA) is 21.7 Å². The van der Waals surface area contributed by atoms with Crippen LogP contribution in [-0.4, -0.2) is 44.0 Å². The maximum atomic E-state index is 6.71. The quantitative estimate of drug-likeness (QED) is 0.0508. The molecule has 3 nitrogen and oxygen atoms in total. The molecule has 274 valence electrons. The predicted molar refractivity (Wildman–Crippen MR) is 209 cm³/mol. The van der Waals surface area contributed by atoms with Gasteiger partial charge in [0.15, 0.2) is 5.79 Å². The number of hydrogen-bond donors (Lipinski definition) is 0. The summed E-state index contributed by atoms with van der Waals surface area (Å²) in [5.74, 6) is -0.312. The van der Waals surface area contributed by atoms with Gasteiger partial charge in [-0.3, -0.25) is 0 Å². The highest BCUT2D eigenvalue weighted by atomic mass is 16.7. The molecule has 0 N–H and O–H groups in total. The fourth-order valence-electron chi connectivity index (χ4n) is 6.55. The molecule has 1 heterocycles. The van der Waals surface area contributed by atoms with E-state index in [1.54, 1.807) is 0 Å². The lowest BCUT2D eigenvalue weighted by molar-refractivity contribution is -0.180. The van der Waals surface area contributed by atoms with E-state index in [9.17, 15) is 0 Å².